The number of methoxy groups -OCH3 is 1. The van der Waals surface area contributed by atoms with Gasteiger partial charge in [-0.15, -0.1) is 5.10 Å². The van der Waals surface area contributed by atoms with Crippen LogP contribution < -0.4 is 26.4 Å². The van der Waals surface area contributed by atoms with Gasteiger partial charge in [0.05, 0.1) is 12.9 Å². The van der Waals surface area contributed by atoms with Gasteiger partial charge in [0.25, 0.3) is 0 Å². The summed E-state index contributed by atoms with van der Waals surface area (Å²) in [6.07, 6.45) is 6.83. The number of nitrogens with one attached hydrogen (secondary N) is 3. The van der Waals surface area contributed by atoms with Crippen molar-refractivity contribution in [3.05, 3.63) is 78.5 Å². The van der Waals surface area contributed by atoms with Crippen LogP contribution in [0.25, 0.3) is 5.65 Å². The average Bonchev–Trinajstić information content (AvgIpc) is 3.44. The van der Waals surface area contributed by atoms with E-state index in [9.17, 15) is 4.79 Å². The van der Waals surface area contributed by atoms with Gasteiger partial charge in [-0.05, 0) is 49.4 Å². The number of aromatic nitrogens is 4. The molecule has 0 aliphatic carbocycles. The molecule has 3 aromatic heterocycles. The van der Waals surface area contributed by atoms with E-state index < -0.39 is 11.7 Å². The van der Waals surface area contributed by atoms with Crippen molar-refractivity contribution in [2.75, 3.05) is 17.7 Å². The Morgan fingerprint density at radius 2 is 1.97 bits per heavy atom. The molecular weight excluding hydrogens is 434 g/mol. The zero-order valence-corrected chi connectivity index (χ0v) is 18.6. The molecule has 0 spiro atoms. The number of hydrogen-bond acceptors (Lipinski definition) is 8. The van der Waals surface area contributed by atoms with E-state index in [0.29, 0.717) is 28.9 Å². The number of pyridine rings is 1. The molecular formula is C23H23N9O2. The molecule has 1 aliphatic rings. The SMILES string of the molecule is COc1ccc(NC(=O)n2ccc(Nc3nc4ccccn4c3C3(C)N=CC=C(N)N3)n2)cc1. The van der Waals surface area contributed by atoms with Crippen LogP contribution in [-0.4, -0.2) is 38.5 Å². The first kappa shape index (κ1) is 21.1. The molecule has 1 aromatic carbocycles. The third-order valence-electron chi connectivity index (χ3n) is 5.35. The van der Waals surface area contributed by atoms with Crippen molar-refractivity contribution in [1.82, 2.24) is 24.5 Å². The second-order valence-electron chi connectivity index (χ2n) is 7.76. The number of benzene rings is 1. The number of aliphatic imine (C=N–C) groups is 1. The van der Waals surface area contributed by atoms with E-state index in [1.807, 2.05) is 35.7 Å². The smallest absolute Gasteiger partial charge is 0.346 e. The molecule has 1 atom stereocenters. The van der Waals surface area contributed by atoms with Crippen molar-refractivity contribution in [3.63, 3.8) is 0 Å². The highest BCUT2D eigenvalue weighted by Gasteiger charge is 2.34. The van der Waals surface area contributed by atoms with Crippen molar-refractivity contribution in [1.29, 1.82) is 0 Å². The number of anilines is 3. The summed E-state index contributed by atoms with van der Waals surface area (Å²) < 4.78 is 8.28. The number of imidazole rings is 1. The van der Waals surface area contributed by atoms with Gasteiger partial charge in [0.2, 0.25) is 0 Å². The van der Waals surface area contributed by atoms with Crippen LogP contribution in [0.5, 0.6) is 5.75 Å². The first-order valence-corrected chi connectivity index (χ1v) is 10.5. The number of carbonyl (C=O) groups is 1. The lowest BCUT2D eigenvalue weighted by molar-refractivity contribution is 0.251. The monoisotopic (exact) mass is 457 g/mol. The molecule has 0 saturated carbocycles. The molecule has 4 heterocycles. The molecule has 0 fully saturated rings. The number of nitrogens with zero attached hydrogens (tertiary/aromatic N) is 5. The quantitative estimate of drug-likeness (QED) is 0.362. The Hall–Kier alpha value is -4.80. The number of ether oxygens (including phenoxy) is 1. The maximum atomic E-state index is 12.6. The van der Waals surface area contributed by atoms with E-state index in [4.69, 9.17) is 15.5 Å². The Labute approximate surface area is 195 Å². The van der Waals surface area contributed by atoms with E-state index in [0.717, 1.165) is 11.3 Å². The zero-order chi connectivity index (χ0) is 23.7. The summed E-state index contributed by atoms with van der Waals surface area (Å²) in [4.78, 5) is 22.0. The number of allylic oxidation sites excluding steroid dienone is 1. The molecule has 0 saturated heterocycles. The van der Waals surface area contributed by atoms with E-state index in [1.165, 1.54) is 4.68 Å². The summed E-state index contributed by atoms with van der Waals surface area (Å²) in [7, 11) is 1.59. The largest absolute Gasteiger partial charge is 0.497 e. The fraction of sp³-hybridized carbons (Fsp3) is 0.130. The van der Waals surface area contributed by atoms with Gasteiger partial charge in [0.15, 0.2) is 17.3 Å². The summed E-state index contributed by atoms with van der Waals surface area (Å²) in [6, 6.07) is 14.0. The van der Waals surface area contributed by atoms with Crippen molar-refractivity contribution < 1.29 is 9.53 Å². The maximum absolute atomic E-state index is 12.6. The van der Waals surface area contributed by atoms with E-state index in [1.54, 1.807) is 55.9 Å². The lowest BCUT2D eigenvalue weighted by atomic mass is 10.1. The molecule has 34 heavy (non-hydrogen) atoms. The van der Waals surface area contributed by atoms with Crippen molar-refractivity contribution >= 4 is 35.2 Å². The Morgan fingerprint density at radius 1 is 1.15 bits per heavy atom. The first-order valence-electron chi connectivity index (χ1n) is 10.5. The highest BCUT2D eigenvalue weighted by Crippen LogP contribution is 2.33. The van der Waals surface area contributed by atoms with Gasteiger partial charge in [-0.1, -0.05) is 6.07 Å². The number of hydrogen-bond donors (Lipinski definition) is 4. The Bertz CT molecular complexity index is 1420. The molecule has 1 aliphatic heterocycles. The summed E-state index contributed by atoms with van der Waals surface area (Å²) in [5, 5.41) is 13.6. The minimum absolute atomic E-state index is 0.406. The van der Waals surface area contributed by atoms with Crippen molar-refractivity contribution in [2.45, 2.75) is 12.6 Å². The fourth-order valence-corrected chi connectivity index (χ4v) is 3.77. The Morgan fingerprint density at radius 3 is 2.74 bits per heavy atom. The Balaban J connectivity index is 1.41. The van der Waals surface area contributed by atoms with Crippen LogP contribution in [0.2, 0.25) is 0 Å². The summed E-state index contributed by atoms with van der Waals surface area (Å²) in [6.45, 7) is 1.91. The highest BCUT2D eigenvalue weighted by atomic mass is 16.5. The second kappa shape index (κ2) is 8.28. The van der Waals surface area contributed by atoms with Gasteiger partial charge in [-0.3, -0.25) is 9.39 Å². The highest BCUT2D eigenvalue weighted by molar-refractivity contribution is 5.90. The van der Waals surface area contributed by atoms with E-state index >= 15 is 0 Å². The molecule has 0 bridgehead atoms. The van der Waals surface area contributed by atoms with Gasteiger partial charge in [0.1, 0.15) is 17.1 Å². The molecule has 11 nitrogen and oxygen atoms in total. The molecule has 1 amide bonds. The fourth-order valence-electron chi connectivity index (χ4n) is 3.77. The van der Waals surface area contributed by atoms with Gasteiger partial charge in [0, 0.05) is 30.4 Å². The first-order chi connectivity index (χ1) is 16.4. The molecule has 0 radical (unpaired) electrons. The van der Waals surface area contributed by atoms with Crippen LogP contribution in [0.15, 0.2) is 77.8 Å². The molecule has 5 rings (SSSR count). The minimum atomic E-state index is -0.865. The zero-order valence-electron chi connectivity index (χ0n) is 18.6. The number of fused-ring (bicyclic) bond motifs is 1. The number of nitrogens with two attached hydrogens (primary N) is 1. The number of amides is 1. The topological polar surface area (TPSA) is 136 Å². The van der Waals surface area contributed by atoms with Gasteiger partial charge >= 0.3 is 6.03 Å². The van der Waals surface area contributed by atoms with Crippen molar-refractivity contribution in [2.24, 2.45) is 10.7 Å². The predicted octanol–water partition coefficient (Wildman–Crippen LogP) is 3.01. The maximum Gasteiger partial charge on any atom is 0.346 e. The van der Waals surface area contributed by atoms with Crippen LogP contribution >= 0.6 is 0 Å². The third kappa shape index (κ3) is 3.90. The Kier molecular flexibility index (Phi) is 5.13. The summed E-state index contributed by atoms with van der Waals surface area (Å²) in [5.74, 6) is 2.18. The summed E-state index contributed by atoms with van der Waals surface area (Å²) >= 11 is 0. The lowest BCUT2D eigenvalue weighted by Gasteiger charge is -2.30. The molecule has 172 valence electrons. The minimum Gasteiger partial charge on any atom is -0.497 e. The van der Waals surface area contributed by atoms with Crippen LogP contribution in [0, 0.1) is 0 Å². The summed E-state index contributed by atoms with van der Waals surface area (Å²) in [5.41, 5.74) is 7.25. The second-order valence-corrected chi connectivity index (χ2v) is 7.76. The van der Waals surface area contributed by atoms with E-state index in [-0.39, 0.29) is 0 Å². The van der Waals surface area contributed by atoms with Gasteiger partial charge < -0.3 is 26.4 Å². The van der Waals surface area contributed by atoms with Crippen LogP contribution in [0.1, 0.15) is 12.6 Å². The molecule has 5 N–H and O–H groups in total. The third-order valence-corrected chi connectivity index (χ3v) is 5.35. The standard InChI is InChI=1S/C23H23N9O2/c1-23(25-12-10-17(24)29-23)20-21(28-19-5-3-4-13-31(19)20)27-18-11-14-32(30-18)22(33)26-15-6-8-16(34-2)9-7-15/h3-14,29H,24H2,1-2H3,(H,26,33)(H,27,30). The van der Waals surface area contributed by atoms with Gasteiger partial charge in [-0.25, -0.2) is 9.78 Å². The van der Waals surface area contributed by atoms with Gasteiger partial charge in [-0.2, -0.15) is 4.68 Å². The predicted molar refractivity (Wildman–Crippen MR) is 129 cm³/mol. The molecule has 4 aromatic rings. The van der Waals surface area contributed by atoms with Crippen LogP contribution in [-0.2, 0) is 5.66 Å². The normalized spacial score (nSPS) is 17.2. The molecule has 1 unspecified atom stereocenters. The number of rotatable bonds is 5. The average molecular weight is 457 g/mol. The number of carbonyl (C=O) groups excluding carboxylic acids is 1. The lowest BCUT2D eigenvalue weighted by Crippen LogP contribution is -2.43. The van der Waals surface area contributed by atoms with Crippen LogP contribution in [0.4, 0.5) is 22.1 Å². The van der Waals surface area contributed by atoms with E-state index in [2.05, 4.69) is 26.0 Å². The molecule has 11 heteroatoms. The van der Waals surface area contributed by atoms with Crippen molar-refractivity contribution in [3.8, 4) is 5.75 Å². The van der Waals surface area contributed by atoms with Crippen LogP contribution in [0.3, 0.4) is 0 Å².